The Kier molecular flexibility index (Phi) is 7.04. The monoisotopic (exact) mass is 542 g/mol. The summed E-state index contributed by atoms with van der Waals surface area (Å²) in [6.07, 6.45) is 4.73. The molecule has 11 heteroatoms. The van der Waals surface area contributed by atoms with Gasteiger partial charge in [0.05, 0.1) is 35.5 Å². The number of benzene rings is 2. The molecule has 8 nitrogen and oxygen atoms in total. The number of nitrogens with zero attached hydrogens (tertiary/aromatic N) is 3. The highest BCUT2D eigenvalue weighted by molar-refractivity contribution is 7.92. The quantitative estimate of drug-likeness (QED) is 0.248. The summed E-state index contributed by atoms with van der Waals surface area (Å²) in [7, 11) is -3.77. The highest BCUT2D eigenvalue weighted by Gasteiger charge is 2.30. The molecule has 1 N–H and O–H groups in total. The molecule has 5 rings (SSSR count). The van der Waals surface area contributed by atoms with Crippen molar-refractivity contribution in [1.82, 2.24) is 14.8 Å². The summed E-state index contributed by atoms with van der Waals surface area (Å²) in [5.41, 5.74) is 0.698. The molecule has 1 aliphatic rings. The molecule has 1 aliphatic carbocycles. The molecule has 0 atom stereocenters. The van der Waals surface area contributed by atoms with E-state index in [0.717, 1.165) is 53.6 Å². The zero-order chi connectivity index (χ0) is 27.0. The van der Waals surface area contributed by atoms with Crippen molar-refractivity contribution >= 4 is 43.6 Å². The van der Waals surface area contributed by atoms with Crippen LogP contribution in [0.3, 0.4) is 0 Å². The summed E-state index contributed by atoms with van der Waals surface area (Å²) < 4.78 is 63.5. The number of halogens is 2. The second kappa shape index (κ2) is 10.3. The van der Waals surface area contributed by atoms with Crippen molar-refractivity contribution in [1.29, 1.82) is 0 Å². The number of pyridine rings is 1. The van der Waals surface area contributed by atoms with E-state index < -0.39 is 27.8 Å². The van der Waals surface area contributed by atoms with E-state index in [0.29, 0.717) is 22.8 Å². The number of ether oxygens (including phenoxy) is 1. The molecular formula is C27H28F2N4O4S. The fourth-order valence-electron chi connectivity index (χ4n) is 4.51. The van der Waals surface area contributed by atoms with Gasteiger partial charge in [-0.2, -0.15) is 5.10 Å². The van der Waals surface area contributed by atoms with Crippen LogP contribution in [0.25, 0.3) is 32.9 Å². The van der Waals surface area contributed by atoms with Crippen LogP contribution in [0.2, 0.25) is 0 Å². The van der Waals surface area contributed by atoms with Crippen molar-refractivity contribution in [2.24, 2.45) is 0 Å². The predicted octanol–water partition coefficient (Wildman–Crippen LogP) is 6.34. The van der Waals surface area contributed by atoms with Gasteiger partial charge in [-0.05, 0) is 54.8 Å². The largest absolute Gasteiger partial charge is 0.448 e. The Balaban J connectivity index is 1.62. The van der Waals surface area contributed by atoms with Gasteiger partial charge in [0.25, 0.3) is 0 Å². The van der Waals surface area contributed by atoms with E-state index in [1.54, 1.807) is 25.1 Å². The van der Waals surface area contributed by atoms with E-state index >= 15 is 4.39 Å². The number of carbonyl (C=O) groups excluding carboxylic acids is 1. The second-order valence-electron chi connectivity index (χ2n) is 9.50. The molecule has 200 valence electrons. The number of carbonyl (C=O) groups is 1. The number of aromatic nitrogens is 3. The van der Waals surface area contributed by atoms with E-state index in [-0.39, 0.29) is 35.1 Å². The van der Waals surface area contributed by atoms with Gasteiger partial charge in [0.1, 0.15) is 5.82 Å². The van der Waals surface area contributed by atoms with E-state index in [1.807, 2.05) is 6.92 Å². The number of sulfonamides is 1. The molecule has 0 amide bonds. The Morgan fingerprint density at radius 3 is 2.61 bits per heavy atom. The summed E-state index contributed by atoms with van der Waals surface area (Å²) in [4.78, 5) is 17.4. The lowest BCUT2D eigenvalue weighted by atomic mass is 9.97. The highest BCUT2D eigenvalue weighted by atomic mass is 32.2. The van der Waals surface area contributed by atoms with Crippen molar-refractivity contribution in [3.8, 4) is 11.1 Å². The van der Waals surface area contributed by atoms with Gasteiger partial charge in [-0.1, -0.05) is 32.4 Å². The first-order valence-electron chi connectivity index (χ1n) is 12.7. The Labute approximate surface area is 219 Å². The van der Waals surface area contributed by atoms with Crippen molar-refractivity contribution in [3.63, 3.8) is 0 Å². The van der Waals surface area contributed by atoms with Crippen LogP contribution in [0.1, 0.15) is 57.6 Å². The Morgan fingerprint density at radius 2 is 1.89 bits per heavy atom. The maximum Gasteiger partial charge on any atom is 0.436 e. The van der Waals surface area contributed by atoms with Crippen LogP contribution in [0, 0.1) is 11.6 Å². The fraction of sp³-hybridized carbons (Fsp3) is 0.370. The summed E-state index contributed by atoms with van der Waals surface area (Å²) in [6.45, 7) is 3.98. The van der Waals surface area contributed by atoms with Gasteiger partial charge in [0.15, 0.2) is 11.5 Å². The van der Waals surface area contributed by atoms with E-state index in [9.17, 15) is 17.6 Å². The third-order valence-electron chi connectivity index (χ3n) is 6.53. The Hall–Kier alpha value is -3.60. The summed E-state index contributed by atoms with van der Waals surface area (Å²) in [5, 5.41) is 6.27. The zero-order valence-electron chi connectivity index (χ0n) is 21.1. The first kappa shape index (κ1) is 26.0. The number of rotatable bonds is 9. The molecule has 0 spiro atoms. The predicted molar refractivity (Wildman–Crippen MR) is 142 cm³/mol. The molecule has 4 aromatic rings. The van der Waals surface area contributed by atoms with E-state index in [4.69, 9.17) is 9.72 Å². The van der Waals surface area contributed by atoms with E-state index in [1.165, 1.54) is 6.20 Å². The molecule has 0 radical (unpaired) electrons. The molecule has 0 aliphatic heterocycles. The smallest absolute Gasteiger partial charge is 0.436 e. The summed E-state index contributed by atoms with van der Waals surface area (Å²) in [6, 6.07) is 7.09. The maximum absolute atomic E-state index is 15.5. The van der Waals surface area contributed by atoms with Crippen LogP contribution >= 0.6 is 0 Å². The van der Waals surface area contributed by atoms with Gasteiger partial charge in [0, 0.05) is 16.7 Å². The lowest BCUT2D eigenvalue weighted by molar-refractivity contribution is 0.144. The number of anilines is 1. The molecule has 1 fully saturated rings. The number of hydrogen-bond acceptors (Lipinski definition) is 6. The van der Waals surface area contributed by atoms with E-state index in [2.05, 4.69) is 9.82 Å². The Bertz CT molecular complexity index is 1650. The van der Waals surface area contributed by atoms with Gasteiger partial charge in [-0.3, -0.25) is 4.72 Å². The van der Waals surface area contributed by atoms with Gasteiger partial charge in [-0.25, -0.2) is 27.0 Å². The fourth-order valence-corrected chi connectivity index (χ4v) is 5.64. The minimum Gasteiger partial charge on any atom is -0.448 e. The van der Waals surface area contributed by atoms with Crippen molar-refractivity contribution in [2.75, 3.05) is 17.1 Å². The first-order chi connectivity index (χ1) is 18.2. The minimum atomic E-state index is -3.77. The van der Waals surface area contributed by atoms with Crippen molar-refractivity contribution in [3.05, 3.63) is 53.9 Å². The van der Waals surface area contributed by atoms with Crippen LogP contribution in [0.15, 0.2) is 36.5 Å². The van der Waals surface area contributed by atoms with Crippen LogP contribution in [0.5, 0.6) is 0 Å². The van der Waals surface area contributed by atoms with Crippen LogP contribution in [-0.4, -0.2) is 41.6 Å². The number of hydrogen-bond donors (Lipinski definition) is 1. The van der Waals surface area contributed by atoms with Crippen molar-refractivity contribution in [2.45, 2.75) is 51.9 Å². The Morgan fingerprint density at radius 1 is 1.11 bits per heavy atom. The minimum absolute atomic E-state index is 0.151. The van der Waals surface area contributed by atoms with Crippen LogP contribution in [-0.2, 0) is 14.8 Å². The SMILES string of the molecule is CCCCOC(=O)n1ncc2c3ccc(-c4c(F)ccc(NS(=O)(=O)CCC)c4F)cc3c(C3CC3)nc21. The van der Waals surface area contributed by atoms with Gasteiger partial charge in [-0.15, -0.1) is 4.68 Å². The molecule has 0 bridgehead atoms. The van der Waals surface area contributed by atoms with Gasteiger partial charge in [0.2, 0.25) is 10.0 Å². The normalized spacial score (nSPS) is 13.8. The molecule has 0 unspecified atom stereocenters. The lowest BCUT2D eigenvalue weighted by Gasteiger charge is -2.14. The molecule has 2 aromatic heterocycles. The third-order valence-corrected chi connectivity index (χ3v) is 8.01. The highest BCUT2D eigenvalue weighted by Crippen LogP contribution is 2.44. The average Bonchev–Trinajstić information content (AvgIpc) is 3.63. The first-order valence-corrected chi connectivity index (χ1v) is 14.4. The van der Waals surface area contributed by atoms with Gasteiger partial charge >= 0.3 is 6.09 Å². The standard InChI is InChI=1S/C27H28F2N4O4S/c1-3-5-12-37-27(34)33-26-20(15-30-33)18-9-8-17(14-19(18)25(31-26)16-6-7-16)23-21(28)10-11-22(24(23)29)32-38(35,36)13-4-2/h8-11,14-16,32H,3-7,12-13H2,1-2H3. The number of nitrogens with one attached hydrogen (secondary N) is 1. The third kappa shape index (κ3) is 4.94. The topological polar surface area (TPSA) is 103 Å². The summed E-state index contributed by atoms with van der Waals surface area (Å²) in [5.74, 6) is -1.83. The molecular weight excluding hydrogens is 514 g/mol. The maximum atomic E-state index is 15.5. The molecule has 2 heterocycles. The molecule has 1 saturated carbocycles. The second-order valence-corrected chi connectivity index (χ2v) is 11.3. The average molecular weight is 543 g/mol. The van der Waals surface area contributed by atoms with Gasteiger partial charge < -0.3 is 4.74 Å². The number of fused-ring (bicyclic) bond motifs is 3. The molecule has 38 heavy (non-hydrogen) atoms. The van der Waals surface area contributed by atoms with Crippen molar-refractivity contribution < 1.29 is 26.7 Å². The molecule has 0 saturated heterocycles. The lowest BCUT2D eigenvalue weighted by Crippen LogP contribution is -2.17. The zero-order valence-corrected chi connectivity index (χ0v) is 21.9. The summed E-state index contributed by atoms with van der Waals surface area (Å²) >= 11 is 0. The van der Waals surface area contributed by atoms with Crippen LogP contribution < -0.4 is 4.72 Å². The van der Waals surface area contributed by atoms with Crippen LogP contribution in [0.4, 0.5) is 19.3 Å². The number of unbranched alkanes of at least 4 members (excludes halogenated alkanes) is 1. The molecule has 2 aromatic carbocycles.